The van der Waals surface area contributed by atoms with Crippen molar-refractivity contribution in [3.63, 3.8) is 0 Å². The number of benzene rings is 1. The van der Waals surface area contributed by atoms with Crippen molar-refractivity contribution in [1.29, 1.82) is 0 Å². The zero-order valence-electron chi connectivity index (χ0n) is 9.15. The lowest BCUT2D eigenvalue weighted by Crippen LogP contribution is -2.07. The molecule has 6 heteroatoms. The number of nitrogens with zero attached hydrogens (tertiary/aromatic N) is 1. The molecule has 0 aliphatic heterocycles. The number of halogens is 2. The average molecular weight is 282 g/mol. The van der Waals surface area contributed by atoms with Gasteiger partial charge in [-0.1, -0.05) is 23.2 Å². The largest absolute Gasteiger partial charge is 0.307 e. The van der Waals surface area contributed by atoms with Crippen LogP contribution in [0.25, 0.3) is 6.08 Å². The summed E-state index contributed by atoms with van der Waals surface area (Å²) >= 11 is 11.7. The molecule has 4 nitrogen and oxygen atoms in total. The maximum atomic E-state index is 11.5. The van der Waals surface area contributed by atoms with E-state index in [0.717, 1.165) is 5.56 Å². The lowest BCUT2D eigenvalue weighted by Gasteiger charge is -1.98. The first-order valence-electron chi connectivity index (χ1n) is 5.08. The Labute approximate surface area is 114 Å². The van der Waals surface area contributed by atoms with Gasteiger partial charge in [-0.25, -0.2) is 0 Å². The Morgan fingerprint density at radius 3 is 2.61 bits per heavy atom. The summed E-state index contributed by atoms with van der Waals surface area (Å²) in [5.41, 5.74) is 0.757. The first kappa shape index (κ1) is 12.7. The molecule has 0 unspecified atom stereocenters. The van der Waals surface area contributed by atoms with Gasteiger partial charge in [0.1, 0.15) is 5.82 Å². The molecule has 2 rings (SSSR count). The quantitative estimate of drug-likeness (QED) is 0.848. The molecule has 2 aromatic rings. The number of H-pyrrole nitrogens is 1. The van der Waals surface area contributed by atoms with Crippen molar-refractivity contribution in [3.05, 3.63) is 52.1 Å². The molecule has 0 fully saturated rings. The second kappa shape index (κ2) is 5.71. The van der Waals surface area contributed by atoms with Crippen LogP contribution < -0.4 is 5.32 Å². The summed E-state index contributed by atoms with van der Waals surface area (Å²) in [7, 11) is 0. The van der Waals surface area contributed by atoms with E-state index in [2.05, 4.69) is 15.5 Å². The normalized spacial score (nSPS) is 10.8. The zero-order valence-corrected chi connectivity index (χ0v) is 10.7. The van der Waals surface area contributed by atoms with Gasteiger partial charge in [0.05, 0.1) is 6.20 Å². The van der Waals surface area contributed by atoms with E-state index in [0.29, 0.717) is 15.9 Å². The standard InChI is InChI=1S/C12H9Cl2N3O/c13-9-5-8(6-10(14)7-9)1-2-12(18)16-11-3-4-15-17-11/h1-7H,(H2,15,16,17,18)/b2-1+. The summed E-state index contributed by atoms with van der Waals surface area (Å²) in [6.45, 7) is 0. The molecule has 18 heavy (non-hydrogen) atoms. The van der Waals surface area contributed by atoms with E-state index in [4.69, 9.17) is 23.2 Å². The number of nitrogens with one attached hydrogen (secondary N) is 2. The van der Waals surface area contributed by atoms with Crippen molar-refractivity contribution in [2.45, 2.75) is 0 Å². The molecule has 1 amide bonds. The maximum absolute atomic E-state index is 11.5. The number of aromatic nitrogens is 2. The Bertz CT molecular complexity index is 559. The minimum absolute atomic E-state index is 0.268. The van der Waals surface area contributed by atoms with Crippen LogP contribution in [0, 0.1) is 0 Å². The van der Waals surface area contributed by atoms with E-state index in [1.54, 1.807) is 36.5 Å². The fourth-order valence-corrected chi connectivity index (χ4v) is 1.89. The van der Waals surface area contributed by atoms with Gasteiger partial charge >= 0.3 is 0 Å². The van der Waals surface area contributed by atoms with Crippen LogP contribution in [-0.4, -0.2) is 16.1 Å². The Balaban J connectivity index is 2.04. The van der Waals surface area contributed by atoms with Crippen LogP contribution in [0.5, 0.6) is 0 Å². The van der Waals surface area contributed by atoms with E-state index in [1.165, 1.54) is 6.08 Å². The van der Waals surface area contributed by atoms with Crippen LogP contribution in [0.4, 0.5) is 5.82 Å². The molecule has 0 spiro atoms. The van der Waals surface area contributed by atoms with Crippen molar-refractivity contribution in [3.8, 4) is 0 Å². The summed E-state index contributed by atoms with van der Waals surface area (Å²) < 4.78 is 0. The molecule has 92 valence electrons. The van der Waals surface area contributed by atoms with Crippen LogP contribution in [0.2, 0.25) is 10.0 Å². The second-order valence-electron chi connectivity index (χ2n) is 3.50. The number of aromatic amines is 1. The van der Waals surface area contributed by atoms with Gasteiger partial charge in [0.25, 0.3) is 0 Å². The number of carbonyl (C=O) groups is 1. The highest BCUT2D eigenvalue weighted by Gasteiger charge is 1.99. The molecule has 1 heterocycles. The van der Waals surface area contributed by atoms with Gasteiger partial charge in [-0.3, -0.25) is 9.89 Å². The lowest BCUT2D eigenvalue weighted by atomic mass is 10.2. The maximum Gasteiger partial charge on any atom is 0.249 e. The highest BCUT2D eigenvalue weighted by Crippen LogP contribution is 2.19. The van der Waals surface area contributed by atoms with Gasteiger partial charge < -0.3 is 5.32 Å². The number of rotatable bonds is 3. The summed E-state index contributed by atoms with van der Waals surface area (Å²) in [5, 5.41) is 10.0. The third-order valence-electron chi connectivity index (χ3n) is 2.07. The van der Waals surface area contributed by atoms with E-state index in [9.17, 15) is 4.79 Å². The average Bonchev–Trinajstić information content (AvgIpc) is 2.78. The molecule has 0 aliphatic carbocycles. The molecule has 0 saturated carbocycles. The Morgan fingerprint density at radius 2 is 2.00 bits per heavy atom. The van der Waals surface area contributed by atoms with Crippen molar-refractivity contribution in [2.24, 2.45) is 0 Å². The second-order valence-corrected chi connectivity index (χ2v) is 4.37. The minimum atomic E-state index is -0.268. The number of anilines is 1. The molecule has 0 bridgehead atoms. The van der Waals surface area contributed by atoms with Crippen molar-refractivity contribution in [1.82, 2.24) is 10.2 Å². The number of hydrogen-bond donors (Lipinski definition) is 2. The smallest absolute Gasteiger partial charge is 0.249 e. The predicted molar refractivity (Wildman–Crippen MR) is 72.7 cm³/mol. The van der Waals surface area contributed by atoms with Crippen LogP contribution in [-0.2, 0) is 4.79 Å². The first-order valence-corrected chi connectivity index (χ1v) is 5.83. The van der Waals surface area contributed by atoms with E-state index in [1.807, 2.05) is 0 Å². The van der Waals surface area contributed by atoms with Gasteiger partial charge in [0.2, 0.25) is 5.91 Å². The predicted octanol–water partition coefficient (Wildman–Crippen LogP) is 3.37. The van der Waals surface area contributed by atoms with E-state index >= 15 is 0 Å². The SMILES string of the molecule is O=C(/C=C/c1cc(Cl)cc(Cl)c1)Nc1ccn[nH]1. The van der Waals surface area contributed by atoms with Gasteiger partial charge in [0, 0.05) is 22.2 Å². The van der Waals surface area contributed by atoms with Crippen molar-refractivity contribution in [2.75, 3.05) is 5.32 Å². The third kappa shape index (κ3) is 3.61. The number of amides is 1. The summed E-state index contributed by atoms with van der Waals surface area (Å²) in [4.78, 5) is 11.5. The van der Waals surface area contributed by atoms with Crippen LogP contribution >= 0.6 is 23.2 Å². The van der Waals surface area contributed by atoms with Gasteiger partial charge in [0.15, 0.2) is 0 Å². The number of carbonyl (C=O) groups excluding carboxylic acids is 1. The Morgan fingerprint density at radius 1 is 1.28 bits per heavy atom. The van der Waals surface area contributed by atoms with Crippen LogP contribution in [0.1, 0.15) is 5.56 Å². The molecule has 1 aromatic carbocycles. The highest BCUT2D eigenvalue weighted by molar-refractivity contribution is 6.34. The van der Waals surface area contributed by atoms with Gasteiger partial charge in [-0.15, -0.1) is 0 Å². The molecule has 0 saturated heterocycles. The topological polar surface area (TPSA) is 57.8 Å². The summed E-state index contributed by atoms with van der Waals surface area (Å²) in [5.74, 6) is 0.268. The fourth-order valence-electron chi connectivity index (χ4n) is 1.34. The molecule has 0 radical (unpaired) electrons. The molecule has 2 N–H and O–H groups in total. The summed E-state index contributed by atoms with van der Waals surface area (Å²) in [6.07, 6.45) is 4.57. The van der Waals surface area contributed by atoms with Gasteiger partial charge in [-0.2, -0.15) is 5.10 Å². The minimum Gasteiger partial charge on any atom is -0.307 e. The Hall–Kier alpha value is -1.78. The fraction of sp³-hybridized carbons (Fsp3) is 0. The Kier molecular flexibility index (Phi) is 4.02. The van der Waals surface area contributed by atoms with Crippen molar-refractivity contribution >= 4 is 41.0 Å². The van der Waals surface area contributed by atoms with Crippen molar-refractivity contribution < 1.29 is 4.79 Å². The molecule has 0 atom stereocenters. The molecular formula is C12H9Cl2N3O. The van der Waals surface area contributed by atoms with Crippen LogP contribution in [0.15, 0.2) is 36.5 Å². The first-order chi connectivity index (χ1) is 8.63. The number of hydrogen-bond acceptors (Lipinski definition) is 2. The highest BCUT2D eigenvalue weighted by atomic mass is 35.5. The third-order valence-corrected chi connectivity index (χ3v) is 2.51. The monoisotopic (exact) mass is 281 g/mol. The molecule has 1 aromatic heterocycles. The summed E-state index contributed by atoms with van der Waals surface area (Å²) in [6, 6.07) is 6.72. The van der Waals surface area contributed by atoms with E-state index < -0.39 is 0 Å². The van der Waals surface area contributed by atoms with Gasteiger partial charge in [-0.05, 0) is 29.8 Å². The van der Waals surface area contributed by atoms with E-state index in [-0.39, 0.29) is 5.91 Å². The lowest BCUT2D eigenvalue weighted by molar-refractivity contribution is -0.111. The zero-order chi connectivity index (χ0) is 13.0. The molecule has 0 aliphatic rings. The van der Waals surface area contributed by atoms with Crippen LogP contribution in [0.3, 0.4) is 0 Å². The molecular weight excluding hydrogens is 273 g/mol.